The van der Waals surface area contributed by atoms with Crippen LogP contribution in [0.25, 0.3) is 0 Å². The van der Waals surface area contributed by atoms with Gasteiger partial charge >= 0.3 is 0 Å². The van der Waals surface area contributed by atoms with E-state index in [9.17, 15) is 4.39 Å². The minimum atomic E-state index is -0.206. The van der Waals surface area contributed by atoms with Crippen LogP contribution in [0, 0.1) is 11.2 Å². The van der Waals surface area contributed by atoms with Gasteiger partial charge in [0.2, 0.25) is 0 Å². The van der Waals surface area contributed by atoms with E-state index in [1.165, 1.54) is 37.8 Å². The normalized spacial score (nSPS) is 17.0. The first-order valence-electron chi connectivity index (χ1n) is 8.70. The van der Waals surface area contributed by atoms with E-state index in [0.29, 0.717) is 11.8 Å². The van der Waals surface area contributed by atoms with E-state index in [1.807, 2.05) is 0 Å². The molecule has 0 unspecified atom stereocenters. The maximum atomic E-state index is 12.9. The van der Waals surface area contributed by atoms with Crippen LogP contribution >= 0.6 is 0 Å². The number of benzene rings is 1. The monoisotopic (exact) mass is 316 g/mol. The van der Waals surface area contributed by atoms with E-state index in [-0.39, 0.29) is 5.82 Å². The summed E-state index contributed by atoms with van der Waals surface area (Å²) in [5.41, 5.74) is 2.37. The third-order valence-electron chi connectivity index (χ3n) is 4.71. The van der Waals surface area contributed by atoms with E-state index >= 15 is 0 Å². The maximum absolute atomic E-state index is 12.9. The minimum absolute atomic E-state index is 0.206. The van der Waals surface area contributed by atoms with Gasteiger partial charge in [-0.2, -0.15) is 0 Å². The molecule has 0 amide bonds. The van der Waals surface area contributed by atoms with Gasteiger partial charge in [0.25, 0.3) is 0 Å². The molecular weight excluding hydrogens is 287 g/mol. The molecule has 0 bridgehead atoms. The summed E-state index contributed by atoms with van der Waals surface area (Å²) >= 11 is 0. The number of amidine groups is 1. The molecule has 1 aliphatic heterocycles. The van der Waals surface area contributed by atoms with Crippen LogP contribution in [0.4, 0.5) is 4.39 Å². The molecule has 0 aliphatic carbocycles. The van der Waals surface area contributed by atoms with E-state index in [4.69, 9.17) is 0 Å². The Kier molecular flexibility index (Phi) is 5.97. The summed E-state index contributed by atoms with van der Waals surface area (Å²) < 4.78 is 12.9. The number of nitrogens with zero attached hydrogens (tertiary/aromatic N) is 2. The molecule has 126 valence electrons. The smallest absolute Gasteiger partial charge is 0.123 e. The second kappa shape index (κ2) is 7.76. The lowest BCUT2D eigenvalue weighted by Crippen LogP contribution is -2.57. The van der Waals surface area contributed by atoms with Crippen molar-refractivity contribution in [3.63, 3.8) is 0 Å². The number of allylic oxidation sites excluding steroid dienone is 1. The Morgan fingerprint density at radius 2 is 1.74 bits per heavy atom. The number of rotatable bonds is 7. The average Bonchev–Trinajstić information content (AvgIpc) is 2.46. The fraction of sp³-hybridized carbons (Fsp3) is 0.550. The van der Waals surface area contributed by atoms with Gasteiger partial charge in [-0.25, -0.2) is 9.38 Å². The Hall–Kier alpha value is -1.64. The highest BCUT2D eigenvalue weighted by atomic mass is 19.1. The van der Waals surface area contributed by atoms with Crippen molar-refractivity contribution < 1.29 is 4.39 Å². The summed E-state index contributed by atoms with van der Waals surface area (Å²) in [6.45, 7) is 12.9. The van der Waals surface area contributed by atoms with Crippen LogP contribution in [0.15, 0.2) is 41.5 Å². The number of halogens is 1. The molecule has 23 heavy (non-hydrogen) atoms. The maximum Gasteiger partial charge on any atom is 0.123 e. The quantitative estimate of drug-likeness (QED) is 0.498. The molecule has 1 aromatic rings. The van der Waals surface area contributed by atoms with Gasteiger partial charge in [-0.3, -0.25) is 0 Å². The molecule has 1 saturated heterocycles. The summed E-state index contributed by atoms with van der Waals surface area (Å²) in [7, 11) is 0. The Labute approximate surface area is 140 Å². The predicted octanol–water partition coefficient (Wildman–Crippen LogP) is 5.20. The van der Waals surface area contributed by atoms with E-state index in [1.54, 1.807) is 12.1 Å². The summed E-state index contributed by atoms with van der Waals surface area (Å²) in [5.74, 6) is 0.850. The molecule has 0 saturated carbocycles. The summed E-state index contributed by atoms with van der Waals surface area (Å²) in [5, 5.41) is 0. The molecule has 0 aromatic heterocycles. The van der Waals surface area contributed by atoms with Crippen LogP contribution in [0.5, 0.6) is 0 Å². The second-order valence-corrected chi connectivity index (χ2v) is 6.88. The first-order chi connectivity index (χ1) is 11.0. The Bertz CT molecular complexity index is 546. The molecule has 2 nitrogen and oxygen atoms in total. The zero-order valence-corrected chi connectivity index (χ0v) is 14.7. The fourth-order valence-corrected chi connectivity index (χ4v) is 3.67. The van der Waals surface area contributed by atoms with Gasteiger partial charge in [0.1, 0.15) is 11.7 Å². The van der Waals surface area contributed by atoms with Crippen molar-refractivity contribution in [1.29, 1.82) is 0 Å². The van der Waals surface area contributed by atoms with Crippen molar-refractivity contribution in [3.05, 3.63) is 47.9 Å². The fourth-order valence-electron chi connectivity index (χ4n) is 3.67. The molecule has 1 aliphatic rings. The highest BCUT2D eigenvalue weighted by molar-refractivity contribution is 5.81. The molecule has 1 heterocycles. The molecule has 1 aromatic carbocycles. The third kappa shape index (κ3) is 4.66. The summed E-state index contributed by atoms with van der Waals surface area (Å²) in [4.78, 5) is 7.02. The lowest BCUT2D eigenvalue weighted by Gasteiger charge is -2.51. The molecule has 0 atom stereocenters. The Balaban J connectivity index is 1.90. The van der Waals surface area contributed by atoms with Gasteiger partial charge in [-0.15, -0.1) is 0 Å². The van der Waals surface area contributed by atoms with Crippen LogP contribution in [0.2, 0.25) is 0 Å². The van der Waals surface area contributed by atoms with Crippen LogP contribution < -0.4 is 0 Å². The van der Waals surface area contributed by atoms with Crippen LogP contribution in [0.3, 0.4) is 0 Å². The van der Waals surface area contributed by atoms with Gasteiger partial charge in [-0.1, -0.05) is 45.4 Å². The topological polar surface area (TPSA) is 15.6 Å². The van der Waals surface area contributed by atoms with Gasteiger partial charge < -0.3 is 4.90 Å². The summed E-state index contributed by atoms with van der Waals surface area (Å²) in [6, 6.07) is 6.56. The highest BCUT2D eigenvalue weighted by Crippen LogP contribution is 2.39. The van der Waals surface area contributed by atoms with Crippen molar-refractivity contribution in [1.82, 2.24) is 4.90 Å². The average molecular weight is 316 g/mol. The lowest BCUT2D eigenvalue weighted by atomic mass is 9.72. The van der Waals surface area contributed by atoms with Gasteiger partial charge in [0.05, 0.1) is 0 Å². The first kappa shape index (κ1) is 17.7. The van der Waals surface area contributed by atoms with Crippen molar-refractivity contribution in [2.45, 2.75) is 52.9 Å². The van der Waals surface area contributed by atoms with Crippen LogP contribution in [0.1, 0.15) is 52.0 Å². The van der Waals surface area contributed by atoms with Crippen molar-refractivity contribution in [2.24, 2.45) is 10.4 Å². The van der Waals surface area contributed by atoms with Gasteiger partial charge in [0.15, 0.2) is 0 Å². The van der Waals surface area contributed by atoms with E-state index in [0.717, 1.165) is 30.2 Å². The van der Waals surface area contributed by atoms with Crippen LogP contribution in [-0.4, -0.2) is 23.8 Å². The van der Waals surface area contributed by atoms with E-state index in [2.05, 4.69) is 37.2 Å². The number of hydrogen-bond donors (Lipinski definition) is 0. The molecule has 3 heteroatoms. The number of likely N-dealkylation sites (tertiary alicyclic amines) is 1. The van der Waals surface area contributed by atoms with Crippen molar-refractivity contribution in [3.8, 4) is 0 Å². The van der Waals surface area contributed by atoms with Gasteiger partial charge in [0, 0.05) is 30.6 Å². The summed E-state index contributed by atoms with van der Waals surface area (Å²) in [6.07, 6.45) is 5.78. The zero-order valence-electron chi connectivity index (χ0n) is 14.7. The van der Waals surface area contributed by atoms with Gasteiger partial charge in [-0.05, 0) is 37.5 Å². The largest absolute Gasteiger partial charge is 0.359 e. The number of aliphatic imine (C=N–C) groups is 1. The minimum Gasteiger partial charge on any atom is -0.359 e. The molecule has 0 N–H and O–H groups in total. The van der Waals surface area contributed by atoms with Crippen molar-refractivity contribution in [2.75, 3.05) is 13.1 Å². The predicted molar refractivity (Wildman–Crippen MR) is 96.2 cm³/mol. The zero-order chi connectivity index (χ0) is 16.9. The Morgan fingerprint density at radius 3 is 2.26 bits per heavy atom. The van der Waals surface area contributed by atoms with E-state index < -0.39 is 0 Å². The SMILES string of the molecule is C=C(Cc1ccc(F)cc1)/N=C(\C)N1CC(CCC)(CCC)C1. The van der Waals surface area contributed by atoms with Crippen molar-refractivity contribution >= 4 is 5.84 Å². The molecule has 2 rings (SSSR count). The molecule has 0 radical (unpaired) electrons. The standard InChI is InChI=1S/C20H29FN2/c1-5-11-20(12-6-2)14-23(15-20)17(4)22-16(3)13-18-7-9-19(21)10-8-18/h7-10H,3,5-6,11-15H2,1-2,4H3/b22-17+. The van der Waals surface area contributed by atoms with Crippen LogP contribution in [-0.2, 0) is 6.42 Å². The lowest BCUT2D eigenvalue weighted by molar-refractivity contribution is 0.0384. The third-order valence-corrected chi connectivity index (χ3v) is 4.71. The second-order valence-electron chi connectivity index (χ2n) is 6.88. The molecule has 0 spiro atoms. The molecular formula is C20H29FN2. The molecule has 1 fully saturated rings. The number of hydrogen-bond acceptors (Lipinski definition) is 1. The Morgan fingerprint density at radius 1 is 1.17 bits per heavy atom. The highest BCUT2D eigenvalue weighted by Gasteiger charge is 2.41. The first-order valence-corrected chi connectivity index (χ1v) is 8.70.